The molecule has 1 aliphatic heterocycles. The van der Waals surface area contributed by atoms with E-state index in [1.807, 2.05) is 10.8 Å². The van der Waals surface area contributed by atoms with Crippen LogP contribution >= 0.6 is 0 Å². The zero-order valence-electron chi connectivity index (χ0n) is 14.2. The van der Waals surface area contributed by atoms with E-state index < -0.39 is 0 Å². The molecule has 24 heavy (non-hydrogen) atoms. The smallest absolute Gasteiger partial charge is 0.271 e. The molecule has 7 heteroatoms. The molecule has 128 valence electrons. The number of methoxy groups -OCH3 is 1. The summed E-state index contributed by atoms with van der Waals surface area (Å²) in [5, 5.41) is 0. The van der Waals surface area contributed by atoms with Gasteiger partial charge in [-0.3, -0.25) is 9.59 Å². The number of H-pyrrole nitrogens is 1. The highest BCUT2D eigenvalue weighted by Gasteiger charge is 2.51. The normalized spacial score (nSPS) is 19.1. The van der Waals surface area contributed by atoms with Crippen LogP contribution in [0.1, 0.15) is 36.2 Å². The highest BCUT2D eigenvalue weighted by molar-refractivity contribution is 5.93. The van der Waals surface area contributed by atoms with Crippen LogP contribution in [-0.4, -0.2) is 45.6 Å². The molecule has 1 N–H and O–H groups in total. The molecule has 1 amide bonds. The van der Waals surface area contributed by atoms with Crippen LogP contribution in [0.25, 0.3) is 0 Å². The Bertz CT molecular complexity index is 793. The van der Waals surface area contributed by atoms with Crippen molar-refractivity contribution in [1.29, 1.82) is 0 Å². The summed E-state index contributed by atoms with van der Waals surface area (Å²) in [5.74, 6) is 0.660. The van der Waals surface area contributed by atoms with Gasteiger partial charge in [0.25, 0.3) is 5.91 Å². The Hall–Kier alpha value is -2.41. The van der Waals surface area contributed by atoms with Gasteiger partial charge in [-0.25, -0.2) is 4.98 Å². The number of imidazole rings is 1. The lowest BCUT2D eigenvalue weighted by Crippen LogP contribution is -2.58. The second-order valence-electron chi connectivity index (χ2n) is 6.73. The van der Waals surface area contributed by atoms with Crippen molar-refractivity contribution in [3.8, 4) is 0 Å². The maximum absolute atomic E-state index is 12.8. The summed E-state index contributed by atoms with van der Waals surface area (Å²) < 4.78 is 7.16. The number of nitrogens with one attached hydrogen (secondary N) is 1. The number of rotatable bonds is 5. The fourth-order valence-electron chi connectivity index (χ4n) is 3.28. The maximum atomic E-state index is 12.8. The quantitative estimate of drug-likeness (QED) is 0.899. The topological polar surface area (TPSA) is 80.2 Å². The van der Waals surface area contributed by atoms with E-state index in [4.69, 9.17) is 4.74 Å². The number of aromatic nitrogens is 3. The standard InChI is InChI=1S/C17H22N4O3/c1-17(2)11-21(16(23)13-10-12(22)4-5-18-13)14(17)15-19-6-7-20(15)8-9-24-3/h4-7,10,14H,8-9,11H2,1-3H3,(H,18,22). The van der Waals surface area contributed by atoms with Crippen LogP contribution in [0.2, 0.25) is 0 Å². The highest BCUT2D eigenvalue weighted by Crippen LogP contribution is 2.48. The van der Waals surface area contributed by atoms with Crippen molar-refractivity contribution in [2.45, 2.75) is 26.4 Å². The van der Waals surface area contributed by atoms with Crippen molar-refractivity contribution in [2.75, 3.05) is 20.3 Å². The molecule has 0 radical (unpaired) electrons. The van der Waals surface area contributed by atoms with Gasteiger partial charge in [0.15, 0.2) is 5.43 Å². The molecule has 1 fully saturated rings. The number of carbonyl (C=O) groups is 1. The lowest BCUT2D eigenvalue weighted by atomic mass is 9.74. The lowest BCUT2D eigenvalue weighted by molar-refractivity contribution is -0.0385. The second kappa shape index (κ2) is 6.24. The molecule has 0 saturated carbocycles. The molecule has 7 nitrogen and oxygen atoms in total. The molecule has 1 atom stereocenters. The Morgan fingerprint density at radius 3 is 2.96 bits per heavy atom. The summed E-state index contributed by atoms with van der Waals surface area (Å²) in [6.07, 6.45) is 5.14. The van der Waals surface area contributed by atoms with E-state index >= 15 is 0 Å². The molecule has 1 unspecified atom stereocenters. The number of ether oxygens (including phenoxy) is 1. The van der Waals surface area contributed by atoms with Crippen molar-refractivity contribution in [1.82, 2.24) is 19.4 Å². The van der Waals surface area contributed by atoms with Crippen LogP contribution < -0.4 is 5.43 Å². The summed E-state index contributed by atoms with van der Waals surface area (Å²) in [4.78, 5) is 33.4. The van der Waals surface area contributed by atoms with Gasteiger partial charge >= 0.3 is 0 Å². The average Bonchev–Trinajstić information content (AvgIpc) is 2.97. The van der Waals surface area contributed by atoms with E-state index in [9.17, 15) is 9.59 Å². The lowest BCUT2D eigenvalue weighted by Gasteiger charge is -2.53. The third-order valence-electron chi connectivity index (χ3n) is 4.42. The molecular formula is C17H22N4O3. The molecule has 2 aromatic heterocycles. The maximum Gasteiger partial charge on any atom is 0.271 e. The minimum atomic E-state index is -0.185. The van der Waals surface area contributed by atoms with Crippen LogP contribution in [-0.2, 0) is 11.3 Å². The van der Waals surface area contributed by atoms with Gasteiger partial charge in [0.05, 0.1) is 12.6 Å². The largest absolute Gasteiger partial charge is 0.383 e. The molecular weight excluding hydrogens is 308 g/mol. The van der Waals surface area contributed by atoms with Crippen molar-refractivity contribution >= 4 is 5.91 Å². The van der Waals surface area contributed by atoms with Crippen molar-refractivity contribution < 1.29 is 9.53 Å². The Morgan fingerprint density at radius 2 is 2.29 bits per heavy atom. The molecule has 0 aliphatic carbocycles. The summed E-state index contributed by atoms with van der Waals surface area (Å²) in [5.41, 5.74) is 0.0361. The zero-order chi connectivity index (χ0) is 17.3. The first-order valence-electron chi connectivity index (χ1n) is 7.94. The minimum absolute atomic E-state index is 0.0824. The number of nitrogens with zero attached hydrogens (tertiary/aromatic N) is 3. The van der Waals surface area contributed by atoms with Crippen molar-refractivity contribution in [2.24, 2.45) is 5.41 Å². The van der Waals surface area contributed by atoms with Gasteiger partial charge in [0, 0.05) is 56.3 Å². The third-order valence-corrected chi connectivity index (χ3v) is 4.42. The fraction of sp³-hybridized carbons (Fsp3) is 0.471. The first-order chi connectivity index (χ1) is 11.4. The average molecular weight is 330 g/mol. The van der Waals surface area contributed by atoms with Gasteiger partial charge < -0.3 is 19.2 Å². The number of amides is 1. The van der Waals surface area contributed by atoms with E-state index in [2.05, 4.69) is 23.8 Å². The molecule has 1 saturated heterocycles. The number of pyridine rings is 1. The van der Waals surface area contributed by atoms with Gasteiger partial charge in [-0.05, 0) is 0 Å². The number of hydrogen-bond donors (Lipinski definition) is 1. The predicted octanol–water partition coefficient (Wildman–Crippen LogP) is 1.44. The fourth-order valence-corrected chi connectivity index (χ4v) is 3.28. The van der Waals surface area contributed by atoms with Crippen molar-refractivity contribution in [3.05, 3.63) is 52.5 Å². The SMILES string of the molecule is COCCn1ccnc1C1N(C(=O)c2cc(=O)cc[nH]2)CC1(C)C. The van der Waals surface area contributed by atoms with Crippen LogP contribution in [0.15, 0.2) is 35.5 Å². The number of aromatic amines is 1. The third kappa shape index (κ3) is 2.87. The van der Waals surface area contributed by atoms with E-state index in [1.165, 1.54) is 18.3 Å². The summed E-state index contributed by atoms with van der Waals surface area (Å²) in [6, 6.07) is 2.59. The Labute approximate surface area is 140 Å². The van der Waals surface area contributed by atoms with Crippen LogP contribution in [0, 0.1) is 5.41 Å². The Balaban J connectivity index is 1.89. The predicted molar refractivity (Wildman–Crippen MR) is 88.7 cm³/mol. The van der Waals surface area contributed by atoms with Gasteiger partial charge in [0.2, 0.25) is 0 Å². The van der Waals surface area contributed by atoms with E-state index in [0.717, 1.165) is 5.82 Å². The minimum Gasteiger partial charge on any atom is -0.383 e. The van der Waals surface area contributed by atoms with E-state index in [-0.39, 0.29) is 22.8 Å². The van der Waals surface area contributed by atoms with Crippen LogP contribution in [0.4, 0.5) is 0 Å². The monoisotopic (exact) mass is 330 g/mol. The number of carbonyl (C=O) groups excluding carboxylic acids is 1. The van der Waals surface area contributed by atoms with Gasteiger partial charge in [-0.1, -0.05) is 13.8 Å². The van der Waals surface area contributed by atoms with E-state index in [1.54, 1.807) is 18.2 Å². The second-order valence-corrected chi connectivity index (χ2v) is 6.73. The first-order valence-corrected chi connectivity index (χ1v) is 7.94. The summed E-state index contributed by atoms with van der Waals surface area (Å²) >= 11 is 0. The Morgan fingerprint density at radius 1 is 1.50 bits per heavy atom. The molecule has 0 spiro atoms. The molecule has 2 aromatic rings. The van der Waals surface area contributed by atoms with Gasteiger partial charge in [0.1, 0.15) is 11.5 Å². The zero-order valence-corrected chi connectivity index (χ0v) is 14.2. The molecule has 3 rings (SSSR count). The van der Waals surface area contributed by atoms with Gasteiger partial charge in [-0.2, -0.15) is 0 Å². The molecule has 1 aliphatic rings. The highest BCUT2D eigenvalue weighted by atomic mass is 16.5. The Kier molecular flexibility index (Phi) is 4.28. The molecule has 3 heterocycles. The number of likely N-dealkylation sites (tertiary alicyclic amines) is 1. The van der Waals surface area contributed by atoms with Crippen LogP contribution in [0.5, 0.6) is 0 Å². The molecule has 0 bridgehead atoms. The summed E-state index contributed by atoms with van der Waals surface area (Å²) in [7, 11) is 1.66. The first kappa shape index (κ1) is 16.4. The number of hydrogen-bond acceptors (Lipinski definition) is 4. The van der Waals surface area contributed by atoms with Gasteiger partial charge in [-0.15, -0.1) is 0 Å². The summed E-state index contributed by atoms with van der Waals surface area (Å²) in [6.45, 7) is 6.11. The van der Waals surface area contributed by atoms with E-state index in [0.29, 0.717) is 25.4 Å². The van der Waals surface area contributed by atoms with Crippen molar-refractivity contribution in [3.63, 3.8) is 0 Å². The molecule has 0 aromatic carbocycles. The van der Waals surface area contributed by atoms with Crippen LogP contribution in [0.3, 0.4) is 0 Å².